The minimum atomic E-state index is -0.817. The number of hydrogen-bond donors (Lipinski definition) is 4. The number of nitro groups is 1. The molecule has 9 nitrogen and oxygen atoms in total. The minimum absolute atomic E-state index is 0.155. The van der Waals surface area contributed by atoms with Gasteiger partial charge in [0.15, 0.2) is 5.03 Å². The molecule has 1 amide bonds. The highest BCUT2D eigenvalue weighted by Crippen LogP contribution is 2.07. The molecule has 0 spiro atoms. The fourth-order valence-corrected chi connectivity index (χ4v) is 1.16. The minimum Gasteiger partial charge on any atom is -0.360 e. The number of guanidine groups is 1. The number of amides is 1. The van der Waals surface area contributed by atoms with Gasteiger partial charge in [0.2, 0.25) is 12.1 Å². The molecule has 19 heavy (non-hydrogen) atoms. The molecule has 5 N–H and O–H groups in total. The summed E-state index contributed by atoms with van der Waals surface area (Å²) >= 11 is 0. The number of carbonyl (C=O) groups excluding carboxylic acids is 1. The van der Waals surface area contributed by atoms with Gasteiger partial charge in [0, 0.05) is 23.3 Å². The average molecular weight is 265 g/mol. The number of rotatable bonds is 4. The van der Waals surface area contributed by atoms with E-state index in [4.69, 9.17) is 5.73 Å². The number of nitrogens with zero attached hydrogens (tertiary/aromatic N) is 2. The highest BCUT2D eigenvalue weighted by Gasteiger charge is 2.00. The second kappa shape index (κ2) is 6.69. The van der Waals surface area contributed by atoms with Crippen LogP contribution in [-0.4, -0.2) is 23.1 Å². The van der Waals surface area contributed by atoms with Gasteiger partial charge in [-0.25, -0.2) is 10.1 Å². The van der Waals surface area contributed by atoms with Crippen LogP contribution in [0.2, 0.25) is 0 Å². The number of carbonyl (C=O) groups is 1. The number of hydrazone groups is 1. The number of benzene rings is 1. The lowest BCUT2D eigenvalue weighted by Crippen LogP contribution is -2.64. The van der Waals surface area contributed by atoms with E-state index in [1.54, 1.807) is 29.7 Å². The molecule has 0 saturated carbocycles. The molecule has 0 saturated heterocycles. The summed E-state index contributed by atoms with van der Waals surface area (Å²) in [5, 5.41) is 17.8. The zero-order valence-corrected chi connectivity index (χ0v) is 10.1. The van der Waals surface area contributed by atoms with Crippen LogP contribution >= 0.6 is 0 Å². The molecule has 0 heterocycles. The molecule has 0 radical (unpaired) electrons. The number of anilines is 1. The van der Waals surface area contributed by atoms with E-state index in [-0.39, 0.29) is 11.9 Å². The first kappa shape index (κ1) is 14.1. The Kier molecular flexibility index (Phi) is 4.96. The molecule has 1 aromatic carbocycles. The predicted molar refractivity (Wildman–Crippen MR) is 68.6 cm³/mol. The summed E-state index contributed by atoms with van der Waals surface area (Å²) in [6.07, 6.45) is 1.49. The van der Waals surface area contributed by atoms with Crippen molar-refractivity contribution < 1.29 is 14.9 Å². The molecule has 1 aromatic rings. The SMILES string of the molecule is CC(=O)Nc1ccc(C=[NH+]N=C(N)N[N+](=O)[O-])cc1. The Labute approximate surface area is 108 Å². The van der Waals surface area contributed by atoms with Gasteiger partial charge in [0.05, 0.1) is 0 Å². The van der Waals surface area contributed by atoms with Crippen LogP contribution in [0.1, 0.15) is 12.5 Å². The Hall–Kier alpha value is -2.97. The van der Waals surface area contributed by atoms with Crippen LogP contribution in [0.15, 0.2) is 29.4 Å². The quantitative estimate of drug-likeness (QED) is 0.219. The Morgan fingerprint density at radius 2 is 2.11 bits per heavy atom. The van der Waals surface area contributed by atoms with Crippen LogP contribution in [-0.2, 0) is 4.79 Å². The third-order valence-corrected chi connectivity index (χ3v) is 1.85. The first-order valence-corrected chi connectivity index (χ1v) is 5.18. The van der Waals surface area contributed by atoms with Crippen LogP contribution in [0, 0.1) is 10.1 Å². The predicted octanol–water partition coefficient (Wildman–Crippen LogP) is -1.84. The molecule has 0 fully saturated rings. The van der Waals surface area contributed by atoms with Gasteiger partial charge >= 0.3 is 5.96 Å². The summed E-state index contributed by atoms with van der Waals surface area (Å²) in [7, 11) is 0. The highest BCUT2D eigenvalue weighted by molar-refractivity contribution is 5.89. The van der Waals surface area contributed by atoms with E-state index in [2.05, 4.69) is 15.5 Å². The van der Waals surface area contributed by atoms with E-state index in [0.29, 0.717) is 5.69 Å². The van der Waals surface area contributed by atoms with Gasteiger partial charge in [-0.1, -0.05) is 5.43 Å². The first-order chi connectivity index (χ1) is 8.97. The maximum absolute atomic E-state index is 10.8. The lowest BCUT2D eigenvalue weighted by molar-refractivity contribution is -0.528. The first-order valence-electron chi connectivity index (χ1n) is 5.18. The lowest BCUT2D eigenvalue weighted by Gasteiger charge is -2.00. The van der Waals surface area contributed by atoms with E-state index >= 15 is 0 Å². The standard InChI is InChI=1S/C10H12N6O3/c1-7(17)13-9-4-2-8(3-5-9)6-12-14-10(11)15-16(18)19/h2-6H,1H3,(H,13,17)(H3,11,14,15)/p+1. The molecule has 0 bridgehead atoms. The maximum atomic E-state index is 10.8. The number of nitrogens with one attached hydrogen (secondary N) is 3. The van der Waals surface area contributed by atoms with Gasteiger partial charge in [-0.2, -0.15) is 0 Å². The van der Waals surface area contributed by atoms with Crippen molar-refractivity contribution in [3.05, 3.63) is 39.9 Å². The molecular formula is C10H13N6O3+. The monoisotopic (exact) mass is 265 g/mol. The summed E-state index contributed by atoms with van der Waals surface area (Å²) in [6, 6.07) is 6.87. The summed E-state index contributed by atoms with van der Waals surface area (Å²) in [5.74, 6) is -0.519. The molecule has 100 valence electrons. The van der Waals surface area contributed by atoms with E-state index < -0.39 is 5.03 Å². The van der Waals surface area contributed by atoms with E-state index in [1.165, 1.54) is 13.1 Å². The van der Waals surface area contributed by atoms with E-state index in [1.807, 2.05) is 0 Å². The van der Waals surface area contributed by atoms with Crippen LogP contribution in [0.3, 0.4) is 0 Å². The lowest BCUT2D eigenvalue weighted by atomic mass is 10.2. The summed E-state index contributed by atoms with van der Waals surface area (Å²) in [5.41, 5.74) is 8.29. The van der Waals surface area contributed by atoms with Crippen molar-refractivity contribution >= 4 is 23.8 Å². The van der Waals surface area contributed by atoms with Crippen molar-refractivity contribution in [3.8, 4) is 0 Å². The largest absolute Gasteiger partial charge is 0.360 e. The van der Waals surface area contributed by atoms with Crippen LogP contribution in [0.25, 0.3) is 0 Å². The third kappa shape index (κ3) is 5.77. The van der Waals surface area contributed by atoms with Crippen molar-refractivity contribution in [2.45, 2.75) is 6.92 Å². The highest BCUT2D eigenvalue weighted by atomic mass is 16.7. The van der Waals surface area contributed by atoms with Crippen molar-refractivity contribution in [1.82, 2.24) is 5.43 Å². The fourth-order valence-electron chi connectivity index (χ4n) is 1.16. The van der Waals surface area contributed by atoms with E-state index in [9.17, 15) is 14.9 Å². The molecule has 0 aliphatic carbocycles. The Bertz CT molecular complexity index is 523. The van der Waals surface area contributed by atoms with Gasteiger partial charge in [-0.3, -0.25) is 4.79 Å². The summed E-state index contributed by atoms with van der Waals surface area (Å²) < 4.78 is 0. The smallest absolute Gasteiger partial charge is 0.319 e. The number of nitrogens with two attached hydrogens (primary N) is 1. The van der Waals surface area contributed by atoms with Crippen LogP contribution in [0.4, 0.5) is 5.69 Å². The van der Waals surface area contributed by atoms with Crippen molar-refractivity contribution in [1.29, 1.82) is 0 Å². The third-order valence-electron chi connectivity index (χ3n) is 1.85. The summed E-state index contributed by atoms with van der Waals surface area (Å²) in [6.45, 7) is 1.42. The number of hydrogen-bond acceptors (Lipinski definition) is 4. The molecule has 1 rings (SSSR count). The summed E-state index contributed by atoms with van der Waals surface area (Å²) in [4.78, 5) is 20.8. The fraction of sp³-hybridized carbons (Fsp3) is 0.100. The van der Waals surface area contributed by atoms with Gasteiger partial charge in [-0.05, 0) is 24.3 Å². The normalized spacial score (nSPS) is 11.3. The number of hydrazine groups is 1. The molecule has 0 aliphatic rings. The topological polar surface area (TPSA) is 137 Å². The zero-order valence-electron chi connectivity index (χ0n) is 10.1. The Morgan fingerprint density at radius 1 is 1.47 bits per heavy atom. The average Bonchev–Trinajstić information content (AvgIpc) is 2.29. The second-order valence-corrected chi connectivity index (χ2v) is 3.44. The van der Waals surface area contributed by atoms with Crippen LogP contribution in [0.5, 0.6) is 0 Å². The second-order valence-electron chi connectivity index (χ2n) is 3.44. The molecule has 0 unspecified atom stereocenters. The maximum Gasteiger partial charge on any atom is 0.319 e. The molecule has 9 heteroatoms. The van der Waals surface area contributed by atoms with Crippen molar-refractivity contribution in [2.24, 2.45) is 10.8 Å². The van der Waals surface area contributed by atoms with Crippen LogP contribution < -0.4 is 21.6 Å². The molecular weight excluding hydrogens is 252 g/mol. The molecule has 0 atom stereocenters. The molecule has 0 aliphatic heterocycles. The van der Waals surface area contributed by atoms with Gasteiger partial charge in [0.1, 0.15) is 0 Å². The zero-order chi connectivity index (χ0) is 14.3. The Morgan fingerprint density at radius 3 is 2.63 bits per heavy atom. The van der Waals surface area contributed by atoms with Crippen molar-refractivity contribution in [2.75, 3.05) is 5.32 Å². The van der Waals surface area contributed by atoms with E-state index in [0.717, 1.165) is 5.56 Å². The van der Waals surface area contributed by atoms with Gasteiger partial charge in [0.25, 0.3) is 0 Å². The van der Waals surface area contributed by atoms with Crippen molar-refractivity contribution in [3.63, 3.8) is 0 Å². The Balaban J connectivity index is 2.62. The van der Waals surface area contributed by atoms with Gasteiger partial charge in [-0.15, -0.1) is 5.10 Å². The van der Waals surface area contributed by atoms with Gasteiger partial charge < -0.3 is 11.1 Å². The molecule has 0 aromatic heterocycles.